The molecule has 1 atom stereocenters. The van der Waals surface area contributed by atoms with E-state index in [1.54, 1.807) is 0 Å². The van der Waals surface area contributed by atoms with Gasteiger partial charge in [0.15, 0.2) is 0 Å². The van der Waals surface area contributed by atoms with E-state index in [-0.39, 0.29) is 5.92 Å². The van der Waals surface area contributed by atoms with Crippen LogP contribution in [0.2, 0.25) is 0 Å². The molecule has 22 heavy (non-hydrogen) atoms. The maximum atomic E-state index is 4.20. The van der Waals surface area contributed by atoms with E-state index in [1.165, 1.54) is 28.7 Å². The van der Waals surface area contributed by atoms with Crippen molar-refractivity contribution in [2.75, 3.05) is 0 Å². The van der Waals surface area contributed by atoms with Crippen LogP contribution in [-0.2, 0) is 0 Å². The van der Waals surface area contributed by atoms with Crippen LogP contribution in [0.1, 0.15) is 60.8 Å². The van der Waals surface area contributed by atoms with Gasteiger partial charge in [-0.3, -0.25) is 0 Å². The summed E-state index contributed by atoms with van der Waals surface area (Å²) in [7, 11) is 0. The zero-order valence-corrected chi connectivity index (χ0v) is 15.4. The van der Waals surface area contributed by atoms with Gasteiger partial charge in [0.25, 0.3) is 0 Å². The Morgan fingerprint density at radius 1 is 1.05 bits per heavy atom. The average Bonchev–Trinajstić information content (AvgIpc) is 2.45. The molecule has 0 saturated heterocycles. The molecule has 0 aliphatic rings. The van der Waals surface area contributed by atoms with E-state index in [4.69, 9.17) is 0 Å². The lowest BCUT2D eigenvalue weighted by atomic mass is 9.87. The van der Waals surface area contributed by atoms with Crippen molar-refractivity contribution in [3.05, 3.63) is 71.4 Å². The molecule has 122 valence electrons. The standard InChI is InChI=1S/C22H34/c1-8-11-13-15-20(17-18(4)5)22(16-12-9-2)21(14-10-3)19(6)7/h10,12-17,21H,6,8-9,11H2,1-5,7H3. The molecule has 0 aliphatic heterocycles. The average molecular weight is 299 g/mol. The summed E-state index contributed by atoms with van der Waals surface area (Å²) in [4.78, 5) is 0. The second-order valence-corrected chi connectivity index (χ2v) is 5.98. The molecule has 0 bridgehead atoms. The highest BCUT2D eigenvalue weighted by Gasteiger charge is 2.12. The zero-order valence-electron chi connectivity index (χ0n) is 15.4. The quantitative estimate of drug-likeness (QED) is 0.308. The minimum absolute atomic E-state index is 0.268. The molecule has 1 unspecified atom stereocenters. The third-order valence-corrected chi connectivity index (χ3v) is 3.31. The van der Waals surface area contributed by atoms with Crippen LogP contribution in [0.5, 0.6) is 0 Å². The third-order valence-electron chi connectivity index (χ3n) is 3.31. The Kier molecular flexibility index (Phi) is 11.2. The fraction of sp³-hybridized carbons (Fsp3) is 0.455. The number of allylic oxidation sites excluding steroid dienone is 11. The van der Waals surface area contributed by atoms with Crippen LogP contribution in [0.25, 0.3) is 0 Å². The van der Waals surface area contributed by atoms with E-state index in [0.717, 1.165) is 12.8 Å². The molecule has 0 nitrogen and oxygen atoms in total. The Morgan fingerprint density at radius 2 is 1.73 bits per heavy atom. The van der Waals surface area contributed by atoms with Gasteiger partial charge in [-0.1, -0.05) is 80.5 Å². The third kappa shape index (κ3) is 8.02. The van der Waals surface area contributed by atoms with E-state index in [9.17, 15) is 0 Å². The van der Waals surface area contributed by atoms with Gasteiger partial charge in [0.1, 0.15) is 0 Å². The van der Waals surface area contributed by atoms with E-state index in [1.807, 2.05) is 0 Å². The van der Waals surface area contributed by atoms with Crippen LogP contribution < -0.4 is 0 Å². The number of rotatable bonds is 9. The Bertz CT molecular complexity index is 474. The zero-order chi connectivity index (χ0) is 17.0. The molecule has 0 aromatic heterocycles. The number of unbranched alkanes of at least 4 members (excludes halogenated alkanes) is 1. The Labute approximate surface area is 138 Å². The van der Waals surface area contributed by atoms with Crippen molar-refractivity contribution in [2.24, 2.45) is 5.92 Å². The van der Waals surface area contributed by atoms with Crippen molar-refractivity contribution in [1.82, 2.24) is 0 Å². The maximum absolute atomic E-state index is 4.20. The van der Waals surface area contributed by atoms with Crippen LogP contribution >= 0.6 is 0 Å². The van der Waals surface area contributed by atoms with E-state index in [0.29, 0.717) is 0 Å². The predicted molar refractivity (Wildman–Crippen MR) is 103 cm³/mol. The smallest absolute Gasteiger partial charge is 0.0228 e. The molecule has 0 saturated carbocycles. The molecule has 0 amide bonds. The van der Waals surface area contributed by atoms with E-state index < -0.39 is 0 Å². The van der Waals surface area contributed by atoms with Gasteiger partial charge in [0, 0.05) is 5.92 Å². The van der Waals surface area contributed by atoms with Crippen molar-refractivity contribution >= 4 is 0 Å². The lowest BCUT2D eigenvalue weighted by Gasteiger charge is -2.17. The monoisotopic (exact) mass is 298 g/mol. The molecular formula is C22H34. The van der Waals surface area contributed by atoms with Gasteiger partial charge in [-0.2, -0.15) is 0 Å². The lowest BCUT2D eigenvalue weighted by molar-refractivity contribution is 0.911. The van der Waals surface area contributed by atoms with Crippen molar-refractivity contribution in [3.63, 3.8) is 0 Å². The van der Waals surface area contributed by atoms with Crippen LogP contribution in [0.4, 0.5) is 0 Å². The molecule has 0 aromatic carbocycles. The highest BCUT2D eigenvalue weighted by atomic mass is 14.2. The number of hydrogen-bond donors (Lipinski definition) is 0. The summed E-state index contributed by atoms with van der Waals surface area (Å²) < 4.78 is 0. The summed E-state index contributed by atoms with van der Waals surface area (Å²) in [6.45, 7) is 17.1. The first-order chi connectivity index (χ1) is 10.5. The highest BCUT2D eigenvalue weighted by molar-refractivity contribution is 5.47. The van der Waals surface area contributed by atoms with Gasteiger partial charge in [-0.05, 0) is 51.7 Å². The lowest BCUT2D eigenvalue weighted by Crippen LogP contribution is -2.03. The fourth-order valence-electron chi connectivity index (χ4n) is 2.27. The molecule has 0 N–H and O–H groups in total. The van der Waals surface area contributed by atoms with Crippen LogP contribution in [0.15, 0.2) is 71.4 Å². The topological polar surface area (TPSA) is 0 Å². The fourth-order valence-corrected chi connectivity index (χ4v) is 2.27. The predicted octanol–water partition coefficient (Wildman–Crippen LogP) is 7.34. The Hall–Kier alpha value is -1.56. The molecule has 0 aromatic rings. The first kappa shape index (κ1) is 20.4. The molecule has 0 aliphatic carbocycles. The maximum Gasteiger partial charge on any atom is 0.0228 e. The number of hydrogen-bond acceptors (Lipinski definition) is 0. The molecular weight excluding hydrogens is 264 g/mol. The summed E-state index contributed by atoms with van der Waals surface area (Å²) >= 11 is 0. The van der Waals surface area contributed by atoms with Crippen molar-refractivity contribution in [3.8, 4) is 0 Å². The van der Waals surface area contributed by atoms with Crippen LogP contribution in [0.3, 0.4) is 0 Å². The second kappa shape index (κ2) is 12.0. The molecule has 0 radical (unpaired) electrons. The molecule has 0 heterocycles. The van der Waals surface area contributed by atoms with E-state index in [2.05, 4.69) is 90.7 Å². The normalized spacial score (nSPS) is 14.6. The molecule has 0 rings (SSSR count). The summed E-state index contributed by atoms with van der Waals surface area (Å²) in [5, 5.41) is 0. The van der Waals surface area contributed by atoms with E-state index >= 15 is 0 Å². The van der Waals surface area contributed by atoms with Crippen LogP contribution in [-0.4, -0.2) is 0 Å². The molecule has 0 heteroatoms. The van der Waals surface area contributed by atoms with Gasteiger partial charge < -0.3 is 0 Å². The first-order valence-corrected chi connectivity index (χ1v) is 8.48. The summed E-state index contributed by atoms with van der Waals surface area (Å²) in [6.07, 6.45) is 19.0. The summed E-state index contributed by atoms with van der Waals surface area (Å²) in [6, 6.07) is 0. The highest BCUT2D eigenvalue weighted by Crippen LogP contribution is 2.27. The Balaban J connectivity index is 6.11. The minimum atomic E-state index is 0.268. The molecule has 0 fully saturated rings. The summed E-state index contributed by atoms with van der Waals surface area (Å²) in [5.41, 5.74) is 5.13. The van der Waals surface area contributed by atoms with Crippen molar-refractivity contribution < 1.29 is 0 Å². The van der Waals surface area contributed by atoms with Gasteiger partial charge in [0.2, 0.25) is 0 Å². The second-order valence-electron chi connectivity index (χ2n) is 5.98. The minimum Gasteiger partial charge on any atom is -0.0992 e. The first-order valence-electron chi connectivity index (χ1n) is 8.48. The van der Waals surface area contributed by atoms with Gasteiger partial charge in [-0.25, -0.2) is 0 Å². The van der Waals surface area contributed by atoms with Crippen molar-refractivity contribution in [1.29, 1.82) is 0 Å². The SMILES string of the molecule is C=C(C)C(C=CC)C(C=CCC)=C(C=CCCC)C=C(C)C. The largest absolute Gasteiger partial charge is 0.0992 e. The van der Waals surface area contributed by atoms with Gasteiger partial charge in [-0.15, -0.1) is 0 Å². The molecule has 0 spiro atoms. The summed E-state index contributed by atoms with van der Waals surface area (Å²) in [5.74, 6) is 0.268. The van der Waals surface area contributed by atoms with Gasteiger partial charge in [0.05, 0.1) is 0 Å². The van der Waals surface area contributed by atoms with Crippen LogP contribution in [0, 0.1) is 5.92 Å². The Morgan fingerprint density at radius 3 is 2.18 bits per heavy atom. The van der Waals surface area contributed by atoms with Crippen molar-refractivity contribution in [2.45, 2.75) is 60.8 Å². The van der Waals surface area contributed by atoms with Gasteiger partial charge >= 0.3 is 0 Å².